The van der Waals surface area contributed by atoms with Gasteiger partial charge >= 0.3 is 0 Å². The Morgan fingerprint density at radius 1 is 1.05 bits per heavy atom. The highest BCUT2D eigenvalue weighted by Crippen LogP contribution is 2.25. The summed E-state index contributed by atoms with van der Waals surface area (Å²) in [4.78, 5) is 0. The molecule has 1 nitrogen and oxygen atoms in total. The summed E-state index contributed by atoms with van der Waals surface area (Å²) in [7, 11) is 0. The van der Waals surface area contributed by atoms with Crippen LogP contribution in [0.1, 0.15) is 17.2 Å². The van der Waals surface area contributed by atoms with Gasteiger partial charge < -0.3 is 5.73 Å². The van der Waals surface area contributed by atoms with Gasteiger partial charge in [-0.3, -0.25) is 0 Å². The Hall–Kier alpha value is -1.33. The minimum absolute atomic E-state index is 0.0479. The molecule has 0 aromatic heterocycles. The molecule has 0 spiro atoms. The second kappa shape index (κ2) is 5.75. The van der Waals surface area contributed by atoms with Crippen molar-refractivity contribution in [3.63, 3.8) is 0 Å². The highest BCUT2D eigenvalue weighted by atomic mass is 79.9. The molecule has 2 rings (SSSR count). The molecule has 0 amide bonds. The van der Waals surface area contributed by atoms with Gasteiger partial charge in [0.1, 0.15) is 17.5 Å². The maximum Gasteiger partial charge on any atom is 0.137 e. The van der Waals surface area contributed by atoms with Crippen LogP contribution < -0.4 is 5.73 Å². The molecule has 2 aromatic rings. The van der Waals surface area contributed by atoms with Gasteiger partial charge in [-0.25, -0.2) is 13.2 Å². The average Bonchev–Trinajstić information content (AvgIpc) is 2.33. The van der Waals surface area contributed by atoms with Crippen LogP contribution in [0.3, 0.4) is 0 Å². The highest BCUT2D eigenvalue weighted by Gasteiger charge is 2.15. The second-order valence-corrected chi connectivity index (χ2v) is 5.08. The van der Waals surface area contributed by atoms with E-state index in [0.717, 1.165) is 12.1 Å². The van der Waals surface area contributed by atoms with Gasteiger partial charge in [0.05, 0.1) is 4.47 Å². The Balaban J connectivity index is 2.25. The summed E-state index contributed by atoms with van der Waals surface area (Å²) in [5, 5.41) is 0. The maximum absolute atomic E-state index is 13.7. The summed E-state index contributed by atoms with van der Waals surface area (Å²) >= 11 is 2.90. The molecule has 0 aliphatic rings. The molecule has 5 heteroatoms. The number of rotatable bonds is 3. The van der Waals surface area contributed by atoms with Crippen LogP contribution in [0.5, 0.6) is 0 Å². The molecule has 0 radical (unpaired) electrons. The molecule has 100 valence electrons. The van der Waals surface area contributed by atoms with Gasteiger partial charge in [-0.05, 0) is 52.2 Å². The van der Waals surface area contributed by atoms with Crippen molar-refractivity contribution < 1.29 is 13.2 Å². The van der Waals surface area contributed by atoms with Crippen LogP contribution in [0, 0.1) is 17.5 Å². The first-order chi connectivity index (χ1) is 8.97. The van der Waals surface area contributed by atoms with Crippen LogP contribution in [0.25, 0.3) is 0 Å². The van der Waals surface area contributed by atoms with Crippen molar-refractivity contribution in [3.8, 4) is 0 Å². The first kappa shape index (κ1) is 14.1. The van der Waals surface area contributed by atoms with Crippen LogP contribution in [0.4, 0.5) is 13.2 Å². The Kier molecular flexibility index (Phi) is 4.27. The summed E-state index contributed by atoms with van der Waals surface area (Å²) in [6, 6.07) is 7.25. The lowest BCUT2D eigenvalue weighted by atomic mass is 9.99. The van der Waals surface area contributed by atoms with Crippen LogP contribution in [0.2, 0.25) is 0 Å². The molecule has 19 heavy (non-hydrogen) atoms. The van der Waals surface area contributed by atoms with E-state index in [4.69, 9.17) is 5.73 Å². The average molecular weight is 330 g/mol. The third-order valence-corrected chi connectivity index (χ3v) is 3.39. The van der Waals surface area contributed by atoms with E-state index in [9.17, 15) is 13.2 Å². The van der Waals surface area contributed by atoms with Crippen molar-refractivity contribution in [2.24, 2.45) is 5.73 Å². The van der Waals surface area contributed by atoms with Gasteiger partial charge in [-0.2, -0.15) is 0 Å². The number of benzene rings is 2. The summed E-state index contributed by atoms with van der Waals surface area (Å²) in [6.45, 7) is 0. The third kappa shape index (κ3) is 3.36. The number of nitrogens with two attached hydrogens (primary N) is 1. The van der Waals surface area contributed by atoms with Crippen molar-refractivity contribution in [1.82, 2.24) is 0 Å². The fourth-order valence-corrected chi connectivity index (χ4v) is 2.17. The topological polar surface area (TPSA) is 26.0 Å². The molecule has 0 saturated carbocycles. The van der Waals surface area contributed by atoms with E-state index in [1.165, 1.54) is 12.1 Å². The van der Waals surface area contributed by atoms with E-state index in [-0.39, 0.29) is 22.3 Å². The monoisotopic (exact) mass is 329 g/mol. The zero-order chi connectivity index (χ0) is 14.0. The lowest BCUT2D eigenvalue weighted by Gasteiger charge is -2.14. The lowest BCUT2D eigenvalue weighted by molar-refractivity contribution is 0.556. The summed E-state index contributed by atoms with van der Waals surface area (Å²) < 4.78 is 40.2. The third-order valence-electron chi connectivity index (χ3n) is 2.78. The second-order valence-electron chi connectivity index (χ2n) is 4.23. The van der Waals surface area contributed by atoms with Crippen molar-refractivity contribution >= 4 is 15.9 Å². The van der Waals surface area contributed by atoms with Crippen LogP contribution >= 0.6 is 15.9 Å². The van der Waals surface area contributed by atoms with Gasteiger partial charge in [-0.1, -0.05) is 12.1 Å². The van der Waals surface area contributed by atoms with Crippen molar-refractivity contribution in [3.05, 3.63) is 69.4 Å². The predicted molar refractivity (Wildman–Crippen MR) is 71.1 cm³/mol. The van der Waals surface area contributed by atoms with Crippen molar-refractivity contribution in [2.75, 3.05) is 0 Å². The molecule has 1 atom stereocenters. The summed E-state index contributed by atoms with van der Waals surface area (Å²) in [5.41, 5.74) is 6.56. The van der Waals surface area contributed by atoms with Crippen molar-refractivity contribution in [1.29, 1.82) is 0 Å². The van der Waals surface area contributed by atoms with E-state index in [2.05, 4.69) is 15.9 Å². The fourth-order valence-electron chi connectivity index (χ4n) is 1.85. The van der Waals surface area contributed by atoms with E-state index >= 15 is 0 Å². The fraction of sp³-hybridized carbons (Fsp3) is 0.143. The molecule has 0 fully saturated rings. The molecule has 2 aromatic carbocycles. The molecule has 0 aliphatic carbocycles. The van der Waals surface area contributed by atoms with Gasteiger partial charge in [-0.15, -0.1) is 0 Å². The lowest BCUT2D eigenvalue weighted by Crippen LogP contribution is -2.15. The zero-order valence-corrected chi connectivity index (χ0v) is 11.4. The number of hydrogen-bond acceptors (Lipinski definition) is 1. The normalized spacial score (nSPS) is 12.5. The standard InChI is InChI=1S/C14H11BrF3N/c15-11-7-12(17)10(6-13(11)18)14(19)5-8-2-1-3-9(16)4-8/h1-4,6-7,14H,5,19H2. The Morgan fingerprint density at radius 2 is 1.79 bits per heavy atom. The zero-order valence-electron chi connectivity index (χ0n) is 9.84. The maximum atomic E-state index is 13.7. The quantitative estimate of drug-likeness (QED) is 0.842. The molecular weight excluding hydrogens is 319 g/mol. The number of hydrogen-bond donors (Lipinski definition) is 1. The molecule has 2 N–H and O–H groups in total. The van der Waals surface area contributed by atoms with Crippen LogP contribution in [-0.2, 0) is 6.42 Å². The molecule has 0 bridgehead atoms. The van der Waals surface area contributed by atoms with E-state index in [0.29, 0.717) is 5.56 Å². The van der Waals surface area contributed by atoms with E-state index < -0.39 is 17.7 Å². The summed E-state index contributed by atoms with van der Waals surface area (Å²) in [6.07, 6.45) is 0.232. The summed E-state index contributed by atoms with van der Waals surface area (Å²) in [5.74, 6) is -1.55. The van der Waals surface area contributed by atoms with Gasteiger partial charge in [0, 0.05) is 11.6 Å². The molecular formula is C14H11BrF3N. The minimum atomic E-state index is -0.732. The molecule has 0 aliphatic heterocycles. The molecule has 0 heterocycles. The van der Waals surface area contributed by atoms with Crippen LogP contribution in [0.15, 0.2) is 40.9 Å². The van der Waals surface area contributed by atoms with E-state index in [1.807, 2.05) is 0 Å². The Bertz CT molecular complexity index is 601. The predicted octanol–water partition coefficient (Wildman–Crippen LogP) is 4.11. The SMILES string of the molecule is NC(Cc1cccc(F)c1)c1cc(F)c(Br)cc1F. The van der Waals surface area contributed by atoms with Crippen molar-refractivity contribution in [2.45, 2.75) is 12.5 Å². The van der Waals surface area contributed by atoms with Gasteiger partial charge in [0.25, 0.3) is 0 Å². The highest BCUT2D eigenvalue weighted by molar-refractivity contribution is 9.10. The van der Waals surface area contributed by atoms with Crippen LogP contribution in [-0.4, -0.2) is 0 Å². The first-order valence-corrected chi connectivity index (χ1v) is 6.41. The van der Waals surface area contributed by atoms with Gasteiger partial charge in [0.15, 0.2) is 0 Å². The minimum Gasteiger partial charge on any atom is -0.324 e. The Morgan fingerprint density at radius 3 is 2.47 bits per heavy atom. The first-order valence-electron chi connectivity index (χ1n) is 5.62. The molecule has 1 unspecified atom stereocenters. The van der Waals surface area contributed by atoms with Gasteiger partial charge in [0.2, 0.25) is 0 Å². The Labute approximate surface area is 117 Å². The van der Waals surface area contributed by atoms with E-state index in [1.54, 1.807) is 12.1 Å². The smallest absolute Gasteiger partial charge is 0.137 e. The molecule has 0 saturated heterocycles. The number of halogens is 4. The largest absolute Gasteiger partial charge is 0.324 e.